The number of esters is 1. The van der Waals surface area contributed by atoms with Crippen LogP contribution >= 0.6 is 0 Å². The van der Waals surface area contributed by atoms with Crippen molar-refractivity contribution in [3.63, 3.8) is 0 Å². The van der Waals surface area contributed by atoms with Crippen molar-refractivity contribution in [1.82, 2.24) is 9.88 Å². The summed E-state index contributed by atoms with van der Waals surface area (Å²) in [7, 11) is 1.35. The lowest BCUT2D eigenvalue weighted by Gasteiger charge is -2.26. The van der Waals surface area contributed by atoms with Crippen molar-refractivity contribution in [2.24, 2.45) is 0 Å². The highest BCUT2D eigenvalue weighted by molar-refractivity contribution is 5.92. The summed E-state index contributed by atoms with van der Waals surface area (Å²) in [6, 6.07) is 10.4. The third kappa shape index (κ3) is 4.13. The first kappa shape index (κ1) is 16.9. The summed E-state index contributed by atoms with van der Waals surface area (Å²) in [6.45, 7) is 2.31. The maximum absolute atomic E-state index is 12.3. The number of benzene rings is 1. The molecule has 25 heavy (non-hydrogen) atoms. The van der Waals surface area contributed by atoms with Gasteiger partial charge < -0.3 is 19.7 Å². The first-order valence-electron chi connectivity index (χ1n) is 7.96. The number of carbonyl (C=O) groups is 2. The Bertz CT molecular complexity index is 738. The highest BCUT2D eigenvalue weighted by atomic mass is 16.5. The molecule has 130 valence electrons. The molecule has 0 bridgehead atoms. The molecule has 1 aliphatic heterocycles. The van der Waals surface area contributed by atoms with Gasteiger partial charge in [0.25, 0.3) is 5.91 Å². The number of hydrogen-bond acceptors (Lipinski definition) is 6. The number of ether oxygens (including phenoxy) is 2. The Balaban J connectivity index is 1.64. The van der Waals surface area contributed by atoms with Crippen LogP contribution in [0.4, 0.5) is 11.4 Å². The molecule has 0 spiro atoms. The number of carbonyl (C=O) groups excluding carboxylic acids is 2. The van der Waals surface area contributed by atoms with Gasteiger partial charge in [0.15, 0.2) is 0 Å². The summed E-state index contributed by atoms with van der Waals surface area (Å²) < 4.78 is 9.92. The van der Waals surface area contributed by atoms with E-state index in [1.807, 2.05) is 0 Å². The fourth-order valence-electron chi connectivity index (χ4n) is 2.50. The van der Waals surface area contributed by atoms with E-state index in [-0.39, 0.29) is 11.9 Å². The van der Waals surface area contributed by atoms with E-state index in [4.69, 9.17) is 4.74 Å². The zero-order valence-electron chi connectivity index (χ0n) is 13.9. The van der Waals surface area contributed by atoms with Crippen LogP contribution in [0, 0.1) is 0 Å². The zero-order valence-corrected chi connectivity index (χ0v) is 13.9. The lowest BCUT2D eigenvalue weighted by atomic mass is 10.2. The van der Waals surface area contributed by atoms with Gasteiger partial charge in [0.05, 0.1) is 37.8 Å². The summed E-state index contributed by atoms with van der Waals surface area (Å²) in [5.74, 6) is -0.462. The van der Waals surface area contributed by atoms with Crippen LogP contribution in [0.2, 0.25) is 0 Å². The quantitative estimate of drug-likeness (QED) is 0.858. The smallest absolute Gasteiger partial charge is 0.337 e. The maximum atomic E-state index is 12.3. The molecule has 1 amide bonds. The molecule has 0 saturated carbocycles. The molecular formula is C18H19N3O4. The van der Waals surface area contributed by atoms with Crippen LogP contribution in [-0.4, -0.2) is 55.2 Å². The Morgan fingerprint density at radius 3 is 2.36 bits per heavy atom. The molecule has 3 rings (SSSR count). The van der Waals surface area contributed by atoms with E-state index in [9.17, 15) is 9.59 Å². The van der Waals surface area contributed by atoms with E-state index in [0.717, 1.165) is 11.4 Å². The molecule has 2 aromatic rings. The van der Waals surface area contributed by atoms with Gasteiger partial charge in [-0.05, 0) is 36.4 Å². The van der Waals surface area contributed by atoms with Crippen LogP contribution in [-0.2, 0) is 9.47 Å². The van der Waals surface area contributed by atoms with Gasteiger partial charge in [-0.1, -0.05) is 0 Å². The molecule has 0 unspecified atom stereocenters. The number of nitrogens with zero attached hydrogens (tertiary/aromatic N) is 2. The Labute approximate surface area is 145 Å². The number of rotatable bonds is 4. The number of amides is 1. The van der Waals surface area contributed by atoms with Crippen LogP contribution in [0.25, 0.3) is 0 Å². The minimum atomic E-state index is -0.376. The Morgan fingerprint density at radius 1 is 1.08 bits per heavy atom. The predicted octanol–water partition coefficient (Wildman–Crippen LogP) is 2.08. The van der Waals surface area contributed by atoms with Crippen molar-refractivity contribution >= 4 is 23.3 Å². The van der Waals surface area contributed by atoms with Gasteiger partial charge in [0, 0.05) is 18.8 Å². The number of methoxy groups -OCH3 is 1. The molecule has 0 radical (unpaired) electrons. The molecule has 0 atom stereocenters. The topological polar surface area (TPSA) is 80.8 Å². The number of aromatic nitrogens is 1. The number of morpholine rings is 1. The lowest BCUT2D eigenvalue weighted by molar-refractivity contribution is 0.0299. The van der Waals surface area contributed by atoms with Gasteiger partial charge in [0.2, 0.25) is 0 Å². The van der Waals surface area contributed by atoms with E-state index in [0.29, 0.717) is 37.6 Å². The standard InChI is InChI=1S/C18H19N3O4/c1-24-18(23)13-2-4-14(5-3-13)20-15-6-7-16(19-12-15)17(22)21-8-10-25-11-9-21/h2-7,12,20H,8-11H2,1H3. The van der Waals surface area contributed by atoms with Gasteiger partial charge in [-0.3, -0.25) is 4.79 Å². The Hall–Kier alpha value is -2.93. The molecule has 1 fully saturated rings. The summed E-state index contributed by atoms with van der Waals surface area (Å²) in [5, 5.41) is 3.17. The number of anilines is 2. The average molecular weight is 341 g/mol. The Morgan fingerprint density at radius 2 is 1.76 bits per heavy atom. The van der Waals surface area contributed by atoms with Crippen molar-refractivity contribution in [3.8, 4) is 0 Å². The lowest BCUT2D eigenvalue weighted by Crippen LogP contribution is -2.41. The largest absolute Gasteiger partial charge is 0.465 e. The van der Waals surface area contributed by atoms with Gasteiger partial charge in [0.1, 0.15) is 5.69 Å². The third-order valence-corrected chi connectivity index (χ3v) is 3.88. The molecule has 1 aromatic carbocycles. The van der Waals surface area contributed by atoms with Gasteiger partial charge in [-0.25, -0.2) is 9.78 Å². The minimum absolute atomic E-state index is 0.0859. The van der Waals surface area contributed by atoms with Crippen LogP contribution in [0.3, 0.4) is 0 Å². The number of nitrogens with one attached hydrogen (secondary N) is 1. The average Bonchev–Trinajstić information content (AvgIpc) is 2.68. The van der Waals surface area contributed by atoms with Gasteiger partial charge >= 0.3 is 5.97 Å². The number of hydrogen-bond donors (Lipinski definition) is 1. The van der Waals surface area contributed by atoms with Gasteiger partial charge in [-0.15, -0.1) is 0 Å². The monoisotopic (exact) mass is 341 g/mol. The normalized spacial score (nSPS) is 14.0. The van der Waals surface area contributed by atoms with Crippen molar-refractivity contribution in [1.29, 1.82) is 0 Å². The predicted molar refractivity (Wildman–Crippen MR) is 92.0 cm³/mol. The molecule has 1 aromatic heterocycles. The molecule has 0 aliphatic carbocycles. The molecule has 7 nitrogen and oxygen atoms in total. The molecule has 1 aliphatic rings. The summed E-state index contributed by atoms with van der Waals surface area (Å²) in [5.41, 5.74) is 2.46. The summed E-state index contributed by atoms with van der Waals surface area (Å²) >= 11 is 0. The highest BCUT2D eigenvalue weighted by Crippen LogP contribution is 2.17. The second kappa shape index (κ2) is 7.76. The Kier molecular flexibility index (Phi) is 5.25. The highest BCUT2D eigenvalue weighted by Gasteiger charge is 2.19. The first-order valence-corrected chi connectivity index (χ1v) is 7.96. The van der Waals surface area contributed by atoms with E-state index >= 15 is 0 Å². The maximum Gasteiger partial charge on any atom is 0.337 e. The molecule has 1 saturated heterocycles. The molecular weight excluding hydrogens is 322 g/mol. The van der Waals surface area contributed by atoms with Crippen molar-refractivity contribution in [3.05, 3.63) is 53.9 Å². The SMILES string of the molecule is COC(=O)c1ccc(Nc2ccc(C(=O)N3CCOCC3)nc2)cc1. The van der Waals surface area contributed by atoms with Crippen molar-refractivity contribution in [2.75, 3.05) is 38.7 Å². The van der Waals surface area contributed by atoms with E-state index in [1.165, 1.54) is 7.11 Å². The van der Waals surface area contributed by atoms with E-state index in [1.54, 1.807) is 47.5 Å². The van der Waals surface area contributed by atoms with Crippen LogP contribution in [0.15, 0.2) is 42.6 Å². The zero-order chi connectivity index (χ0) is 17.6. The minimum Gasteiger partial charge on any atom is -0.465 e. The van der Waals surface area contributed by atoms with Crippen LogP contribution in [0.5, 0.6) is 0 Å². The summed E-state index contributed by atoms with van der Waals surface area (Å²) in [4.78, 5) is 29.7. The van der Waals surface area contributed by atoms with Crippen molar-refractivity contribution < 1.29 is 19.1 Å². The van der Waals surface area contributed by atoms with Gasteiger partial charge in [-0.2, -0.15) is 0 Å². The summed E-state index contributed by atoms with van der Waals surface area (Å²) in [6.07, 6.45) is 1.61. The van der Waals surface area contributed by atoms with E-state index < -0.39 is 0 Å². The molecule has 7 heteroatoms. The van der Waals surface area contributed by atoms with Crippen LogP contribution < -0.4 is 5.32 Å². The van der Waals surface area contributed by atoms with E-state index in [2.05, 4.69) is 15.0 Å². The molecule has 2 heterocycles. The van der Waals surface area contributed by atoms with Crippen molar-refractivity contribution in [2.45, 2.75) is 0 Å². The van der Waals surface area contributed by atoms with Crippen LogP contribution in [0.1, 0.15) is 20.8 Å². The second-order valence-electron chi connectivity index (χ2n) is 5.53. The molecule has 1 N–H and O–H groups in total. The second-order valence-corrected chi connectivity index (χ2v) is 5.53. The first-order chi connectivity index (χ1) is 12.2. The number of pyridine rings is 1. The third-order valence-electron chi connectivity index (χ3n) is 3.88. The fourth-order valence-corrected chi connectivity index (χ4v) is 2.50. The fraction of sp³-hybridized carbons (Fsp3) is 0.278.